The van der Waals surface area contributed by atoms with Gasteiger partial charge >= 0.3 is 0 Å². The Balaban J connectivity index is 3.01. The van der Waals surface area contributed by atoms with Gasteiger partial charge in [0.2, 0.25) is 8.32 Å². The van der Waals surface area contributed by atoms with Gasteiger partial charge in [-0.05, 0) is 19.1 Å². The van der Waals surface area contributed by atoms with Crippen molar-refractivity contribution < 1.29 is 4.80 Å². The number of unbranched alkanes of at least 4 members (excludes halogenated alkanes) is 19. The highest BCUT2D eigenvalue weighted by Gasteiger charge is 2.18. The highest BCUT2D eigenvalue weighted by atomic mass is 28.4. The summed E-state index contributed by atoms with van der Waals surface area (Å²) < 4.78 is 0. The summed E-state index contributed by atoms with van der Waals surface area (Å²) in [6, 6.07) is 0.978. The zero-order chi connectivity index (χ0) is 19.3. The summed E-state index contributed by atoms with van der Waals surface area (Å²) in [5.41, 5.74) is 0. The highest BCUT2D eigenvalue weighted by Crippen LogP contribution is 2.16. The maximum atomic E-state index is 11.6. The Hall–Kier alpha value is 0.177. The third-order valence-corrected chi connectivity index (χ3v) is 7.19. The first kappa shape index (κ1) is 26.2. The lowest BCUT2D eigenvalue weighted by molar-refractivity contribution is 0.423. The lowest BCUT2D eigenvalue weighted by Crippen LogP contribution is -2.21. The second-order valence-electron chi connectivity index (χ2n) is 9.23. The molecule has 0 aliphatic heterocycles. The quantitative estimate of drug-likeness (QED) is 0.139. The van der Waals surface area contributed by atoms with Crippen LogP contribution in [0, 0.1) is 0 Å². The van der Waals surface area contributed by atoms with Gasteiger partial charge in [-0.1, -0.05) is 135 Å². The van der Waals surface area contributed by atoms with Crippen molar-refractivity contribution >= 4 is 8.32 Å². The average Bonchev–Trinajstić information content (AvgIpc) is 2.59. The highest BCUT2D eigenvalue weighted by molar-refractivity contribution is 6.69. The van der Waals surface area contributed by atoms with Crippen LogP contribution in [0.4, 0.5) is 0 Å². The van der Waals surface area contributed by atoms with Gasteiger partial charge in [-0.25, -0.2) is 0 Å². The largest absolute Gasteiger partial charge is 0.298 e. The van der Waals surface area contributed by atoms with Crippen molar-refractivity contribution in [2.24, 2.45) is 0 Å². The fourth-order valence-corrected chi connectivity index (χ4v) is 4.91. The average molecular weight is 384 g/mol. The van der Waals surface area contributed by atoms with Gasteiger partial charge in [-0.2, -0.15) is 0 Å². The molecule has 0 unspecified atom stereocenters. The third-order valence-electron chi connectivity index (χ3n) is 5.63. The van der Waals surface area contributed by atoms with Crippen LogP contribution in [0.15, 0.2) is 0 Å². The predicted octanol–water partition coefficient (Wildman–Crippen LogP) is 9.44. The van der Waals surface area contributed by atoms with Crippen LogP contribution in [0.25, 0.3) is 0 Å². The molecule has 0 saturated heterocycles. The van der Waals surface area contributed by atoms with Gasteiger partial charge in [-0.15, -0.1) is 0 Å². The molecule has 0 bridgehead atoms. The van der Waals surface area contributed by atoms with Crippen LogP contribution < -0.4 is 0 Å². The monoisotopic (exact) mass is 383 g/mol. The maximum absolute atomic E-state index is 11.6. The van der Waals surface area contributed by atoms with E-state index in [4.69, 9.17) is 0 Å². The minimum absolute atomic E-state index is 0.978. The first-order chi connectivity index (χ1) is 12.6. The van der Waals surface area contributed by atoms with Gasteiger partial charge in [0, 0.05) is 0 Å². The molecule has 0 fully saturated rings. The smallest absolute Gasteiger partial charge is 0.231 e. The van der Waals surface area contributed by atoms with Crippen molar-refractivity contribution in [2.45, 2.75) is 154 Å². The summed E-state index contributed by atoms with van der Waals surface area (Å²) in [5.74, 6) is 0. The molecule has 0 heterocycles. The van der Waals surface area contributed by atoms with Crippen molar-refractivity contribution in [3.05, 3.63) is 0 Å². The Bertz CT molecular complexity index is 259. The first-order valence-corrected chi connectivity index (χ1v) is 15.4. The van der Waals surface area contributed by atoms with E-state index in [1.165, 1.54) is 128 Å². The van der Waals surface area contributed by atoms with E-state index in [0.717, 1.165) is 6.04 Å². The molecule has 0 aromatic heterocycles. The topological polar surface area (TPSA) is 19.9 Å². The molecule has 0 aromatic rings. The molecule has 0 rings (SSSR count). The minimum Gasteiger partial charge on any atom is -0.298 e. The standard InChI is InChI=1S/C24H51OSi/c1-4-5-6-7-8-9-10-11-12-13-14-15-16-17-18-19-20-21-22-23-24-26(2,3)25/h4-24H2,1-3H3. The van der Waals surface area contributed by atoms with Crippen molar-refractivity contribution in [1.29, 1.82) is 0 Å². The second-order valence-corrected chi connectivity index (χ2v) is 13.2. The summed E-state index contributed by atoms with van der Waals surface area (Å²) in [7, 11) is -2.02. The Morgan fingerprint density at radius 1 is 0.423 bits per heavy atom. The van der Waals surface area contributed by atoms with Crippen molar-refractivity contribution in [3.8, 4) is 0 Å². The van der Waals surface area contributed by atoms with Crippen LogP contribution in [-0.2, 0) is 4.80 Å². The third kappa shape index (κ3) is 24.2. The molecule has 2 heteroatoms. The number of hydrogen-bond donors (Lipinski definition) is 0. The summed E-state index contributed by atoms with van der Waals surface area (Å²) >= 11 is 0. The van der Waals surface area contributed by atoms with E-state index in [1.54, 1.807) is 0 Å². The number of rotatable bonds is 21. The molecule has 0 amide bonds. The summed E-state index contributed by atoms with van der Waals surface area (Å²) in [6.45, 7) is 6.19. The van der Waals surface area contributed by atoms with E-state index in [9.17, 15) is 4.80 Å². The van der Waals surface area contributed by atoms with Gasteiger partial charge in [0.05, 0.1) is 0 Å². The van der Waals surface area contributed by atoms with E-state index in [0.29, 0.717) is 0 Å². The lowest BCUT2D eigenvalue weighted by atomic mass is 10.0. The van der Waals surface area contributed by atoms with Gasteiger partial charge in [-0.3, -0.25) is 4.80 Å². The fraction of sp³-hybridized carbons (Fsp3) is 1.00. The molecule has 0 N–H and O–H groups in total. The van der Waals surface area contributed by atoms with Crippen LogP contribution in [0.1, 0.15) is 135 Å². The molecule has 0 saturated carbocycles. The van der Waals surface area contributed by atoms with Gasteiger partial charge in [0.1, 0.15) is 0 Å². The molecule has 0 aliphatic rings. The molecule has 0 aliphatic carbocycles. The van der Waals surface area contributed by atoms with E-state index < -0.39 is 8.32 Å². The normalized spacial score (nSPS) is 12.0. The number of hydrogen-bond acceptors (Lipinski definition) is 0. The Labute approximate surface area is 167 Å². The van der Waals surface area contributed by atoms with Crippen LogP contribution in [0.2, 0.25) is 19.1 Å². The molecule has 0 aromatic carbocycles. The second kappa shape index (κ2) is 19.9. The van der Waals surface area contributed by atoms with E-state index in [2.05, 4.69) is 6.92 Å². The predicted molar refractivity (Wildman–Crippen MR) is 121 cm³/mol. The summed E-state index contributed by atoms with van der Waals surface area (Å²) in [5, 5.41) is 0. The molecule has 157 valence electrons. The van der Waals surface area contributed by atoms with Gasteiger partial charge in [0.25, 0.3) is 0 Å². The maximum Gasteiger partial charge on any atom is 0.231 e. The van der Waals surface area contributed by atoms with Crippen molar-refractivity contribution in [2.75, 3.05) is 0 Å². The molecule has 26 heavy (non-hydrogen) atoms. The van der Waals surface area contributed by atoms with Crippen molar-refractivity contribution in [3.63, 3.8) is 0 Å². The van der Waals surface area contributed by atoms with Crippen LogP contribution in [0.5, 0.6) is 0 Å². The van der Waals surface area contributed by atoms with Crippen LogP contribution >= 0.6 is 0 Å². The van der Waals surface area contributed by atoms with E-state index in [-0.39, 0.29) is 0 Å². The van der Waals surface area contributed by atoms with E-state index >= 15 is 0 Å². The zero-order valence-corrected chi connectivity index (χ0v) is 19.8. The van der Waals surface area contributed by atoms with Gasteiger partial charge in [0.15, 0.2) is 0 Å². The Morgan fingerprint density at radius 3 is 0.885 bits per heavy atom. The minimum atomic E-state index is -2.02. The zero-order valence-electron chi connectivity index (χ0n) is 18.8. The first-order valence-electron chi connectivity index (χ1n) is 12.3. The SMILES string of the molecule is CCCCCCCCCCCCCCCCCCCCCC[Si](C)(C)[O]. The van der Waals surface area contributed by atoms with Gasteiger partial charge < -0.3 is 0 Å². The molecule has 0 spiro atoms. The van der Waals surface area contributed by atoms with E-state index in [1.807, 2.05) is 13.1 Å². The molecular formula is C24H51OSi. The molecule has 1 nitrogen and oxygen atoms in total. The molecule has 0 atom stereocenters. The summed E-state index contributed by atoms with van der Waals surface area (Å²) in [6.07, 6.45) is 28.4. The van der Waals surface area contributed by atoms with Crippen LogP contribution in [0.3, 0.4) is 0 Å². The molecule has 1 radical (unpaired) electrons. The van der Waals surface area contributed by atoms with Crippen molar-refractivity contribution in [1.82, 2.24) is 0 Å². The van der Waals surface area contributed by atoms with Crippen LogP contribution in [-0.4, -0.2) is 8.32 Å². The Kier molecular flexibility index (Phi) is 20.1. The Morgan fingerprint density at radius 2 is 0.654 bits per heavy atom. The fourth-order valence-electron chi connectivity index (χ4n) is 3.81. The molecular weight excluding hydrogens is 332 g/mol. The summed E-state index contributed by atoms with van der Waals surface area (Å²) in [4.78, 5) is 11.6. The lowest BCUT2D eigenvalue weighted by Gasteiger charge is -2.10.